The fourth-order valence-electron chi connectivity index (χ4n) is 3.24. The van der Waals surface area contributed by atoms with Crippen LogP contribution >= 0.6 is 22.9 Å². The number of hydrogen-bond acceptors (Lipinski definition) is 7. The van der Waals surface area contributed by atoms with Gasteiger partial charge in [0.15, 0.2) is 0 Å². The molecule has 6 nitrogen and oxygen atoms in total. The topological polar surface area (TPSA) is 67.9 Å². The molecule has 0 aliphatic carbocycles. The molecule has 11 heteroatoms. The summed E-state index contributed by atoms with van der Waals surface area (Å²) in [7, 11) is 0. The van der Waals surface area contributed by atoms with E-state index in [0.29, 0.717) is 53.1 Å². The van der Waals surface area contributed by atoms with E-state index >= 15 is 0 Å². The Hall–Kier alpha value is -3.16. The molecule has 4 heterocycles. The minimum Gasteiger partial charge on any atom is -0.337 e. The lowest BCUT2D eigenvalue weighted by molar-refractivity contribution is -0.134. The van der Waals surface area contributed by atoms with E-state index in [9.17, 15) is 13.2 Å². The second-order valence-corrected chi connectivity index (χ2v) is 8.56. The molecule has 0 radical (unpaired) electrons. The van der Waals surface area contributed by atoms with Gasteiger partial charge in [-0.15, -0.1) is 11.3 Å². The molecule has 2 aromatic heterocycles. The van der Waals surface area contributed by atoms with Crippen LogP contribution in [0.15, 0.2) is 52.7 Å². The number of nitrogens with zero attached hydrogens (tertiary/aromatic N) is 6. The average molecular weight is 477 g/mol. The molecule has 0 atom stereocenters. The van der Waals surface area contributed by atoms with Crippen molar-refractivity contribution in [1.82, 2.24) is 14.8 Å². The quantitative estimate of drug-likeness (QED) is 0.575. The molecule has 0 aromatic carbocycles. The van der Waals surface area contributed by atoms with Gasteiger partial charge in [-0.1, -0.05) is 24.3 Å². The molecule has 2 aliphatic heterocycles. The van der Waals surface area contributed by atoms with Gasteiger partial charge in [0.1, 0.15) is 28.3 Å². The van der Waals surface area contributed by atoms with Crippen molar-refractivity contribution in [3.63, 3.8) is 0 Å². The van der Waals surface area contributed by atoms with E-state index in [1.165, 1.54) is 6.07 Å². The minimum absolute atomic E-state index is 0.180. The van der Waals surface area contributed by atoms with Crippen molar-refractivity contribution in [3.05, 3.63) is 68.9 Å². The fraction of sp³-hybridized carbons (Fsp3) is 0.238. The van der Waals surface area contributed by atoms with Crippen molar-refractivity contribution in [2.45, 2.75) is 19.1 Å². The van der Waals surface area contributed by atoms with Crippen LogP contribution in [-0.4, -0.2) is 40.2 Å². The number of aromatic nitrogens is 1. The molecule has 164 valence electrons. The summed E-state index contributed by atoms with van der Waals surface area (Å²) >= 11 is 6.73. The van der Waals surface area contributed by atoms with Gasteiger partial charge in [0, 0.05) is 18.0 Å². The van der Waals surface area contributed by atoms with Crippen LogP contribution < -0.4 is 0 Å². The molecular formula is C21H16ClF3N6S. The number of hydrogen-bond donors (Lipinski definition) is 0. The number of alkyl halides is 3. The summed E-state index contributed by atoms with van der Waals surface area (Å²) in [5.41, 5.74) is 2.08. The zero-order valence-corrected chi connectivity index (χ0v) is 18.2. The van der Waals surface area contributed by atoms with Crippen LogP contribution in [0.4, 0.5) is 13.2 Å². The molecule has 32 heavy (non-hydrogen) atoms. The third-order valence-electron chi connectivity index (χ3n) is 4.93. The van der Waals surface area contributed by atoms with Crippen LogP contribution in [0.3, 0.4) is 0 Å². The first kappa shape index (κ1) is 22.0. The lowest BCUT2D eigenvalue weighted by Gasteiger charge is -2.30. The Kier molecular flexibility index (Phi) is 6.04. The summed E-state index contributed by atoms with van der Waals surface area (Å²) < 4.78 is 38.4. The highest BCUT2D eigenvalue weighted by atomic mass is 35.5. The highest BCUT2D eigenvalue weighted by molar-refractivity contribution is 7.12. The molecule has 0 spiro atoms. The lowest BCUT2D eigenvalue weighted by atomic mass is 10.0. The van der Waals surface area contributed by atoms with Crippen LogP contribution in [0, 0.1) is 11.3 Å². The zero-order valence-electron chi connectivity index (χ0n) is 16.6. The third-order valence-corrected chi connectivity index (χ3v) is 6.33. The summed E-state index contributed by atoms with van der Waals surface area (Å²) in [5.74, 6) is 0.904. The average Bonchev–Trinajstić information content (AvgIpc) is 3.24. The normalized spacial score (nSPS) is 16.7. The Bertz CT molecular complexity index is 1190. The van der Waals surface area contributed by atoms with Gasteiger partial charge in [-0.2, -0.15) is 23.4 Å². The molecule has 0 amide bonds. The van der Waals surface area contributed by atoms with Crippen molar-refractivity contribution in [1.29, 1.82) is 5.26 Å². The van der Waals surface area contributed by atoms with Gasteiger partial charge in [-0.3, -0.25) is 0 Å². The highest BCUT2D eigenvalue weighted by Crippen LogP contribution is 2.35. The number of thiophene rings is 1. The maximum Gasteiger partial charge on any atom is 0.425 e. The van der Waals surface area contributed by atoms with Gasteiger partial charge in [-0.25, -0.2) is 9.98 Å². The van der Waals surface area contributed by atoms with Gasteiger partial charge in [0.05, 0.1) is 17.8 Å². The number of aliphatic imine (C=N–C) groups is 2. The van der Waals surface area contributed by atoms with Gasteiger partial charge in [-0.05, 0) is 36.3 Å². The molecular weight excluding hydrogens is 461 g/mol. The Balaban J connectivity index is 1.40. The number of guanidine groups is 1. The van der Waals surface area contributed by atoms with E-state index in [4.69, 9.17) is 16.9 Å². The summed E-state index contributed by atoms with van der Waals surface area (Å²) in [4.78, 5) is 16.6. The van der Waals surface area contributed by atoms with Gasteiger partial charge < -0.3 is 9.80 Å². The van der Waals surface area contributed by atoms with Crippen molar-refractivity contribution in [2.75, 3.05) is 13.1 Å². The second-order valence-electron chi connectivity index (χ2n) is 7.04. The predicted molar refractivity (Wildman–Crippen MR) is 118 cm³/mol. The highest BCUT2D eigenvalue weighted by Gasteiger charge is 2.32. The number of pyridine rings is 1. The molecule has 0 saturated heterocycles. The second kappa shape index (κ2) is 8.76. The van der Waals surface area contributed by atoms with E-state index in [0.717, 1.165) is 17.3 Å². The molecule has 0 bridgehead atoms. The maximum absolute atomic E-state index is 12.8. The van der Waals surface area contributed by atoms with Gasteiger partial charge >= 0.3 is 6.18 Å². The largest absolute Gasteiger partial charge is 0.425 e. The van der Waals surface area contributed by atoms with E-state index < -0.39 is 11.1 Å². The molecule has 0 unspecified atom stereocenters. The first-order chi connectivity index (χ1) is 15.2. The maximum atomic E-state index is 12.8. The number of nitriles is 1. The third kappa shape index (κ3) is 4.69. The Morgan fingerprint density at radius 2 is 2.06 bits per heavy atom. The number of halogens is 4. The Labute approximate surface area is 191 Å². The SMILES string of the molecule is C=C1N=C(N2CC=C(c3ccc(C#N)c(Cl)n3)CC2)N=CN1Cc1ccc(C(F)(F)F)s1. The predicted octanol–water partition coefficient (Wildman–Crippen LogP) is 5.15. The number of rotatable bonds is 3. The van der Waals surface area contributed by atoms with E-state index in [1.54, 1.807) is 23.4 Å². The fourth-order valence-corrected chi connectivity index (χ4v) is 4.31. The van der Waals surface area contributed by atoms with Crippen molar-refractivity contribution < 1.29 is 13.2 Å². The van der Waals surface area contributed by atoms with Crippen LogP contribution in [0.1, 0.15) is 27.4 Å². The minimum atomic E-state index is -4.35. The van der Waals surface area contributed by atoms with Crippen LogP contribution in [-0.2, 0) is 12.7 Å². The Morgan fingerprint density at radius 3 is 2.66 bits per heavy atom. The molecule has 0 N–H and O–H groups in total. The van der Waals surface area contributed by atoms with Crippen molar-refractivity contribution in [2.24, 2.45) is 9.98 Å². The van der Waals surface area contributed by atoms with E-state index in [1.807, 2.05) is 17.0 Å². The van der Waals surface area contributed by atoms with Crippen molar-refractivity contribution in [3.8, 4) is 6.07 Å². The van der Waals surface area contributed by atoms with Crippen LogP contribution in [0.5, 0.6) is 0 Å². The monoisotopic (exact) mass is 476 g/mol. The van der Waals surface area contributed by atoms with Gasteiger partial charge in [0.25, 0.3) is 0 Å². The van der Waals surface area contributed by atoms with Crippen LogP contribution in [0.2, 0.25) is 5.15 Å². The first-order valence-electron chi connectivity index (χ1n) is 9.50. The van der Waals surface area contributed by atoms with Gasteiger partial charge in [0.2, 0.25) is 5.96 Å². The summed E-state index contributed by atoms with van der Waals surface area (Å²) in [6.45, 7) is 5.34. The van der Waals surface area contributed by atoms with Crippen LogP contribution in [0.25, 0.3) is 5.57 Å². The lowest BCUT2D eigenvalue weighted by Crippen LogP contribution is -2.37. The smallest absolute Gasteiger partial charge is 0.337 e. The standard InChI is InChI=1S/C21H16ClF3N6S/c1-13-28-20(27-12-31(13)11-16-3-5-18(32-16)21(23,24)25)30-8-6-14(7-9-30)17-4-2-15(10-26)19(22)29-17/h2-6,12H,1,7-9,11H2. The molecule has 0 fully saturated rings. The molecule has 2 aromatic rings. The first-order valence-corrected chi connectivity index (χ1v) is 10.7. The molecule has 2 aliphatic rings. The molecule has 0 saturated carbocycles. The van der Waals surface area contributed by atoms with E-state index in [2.05, 4.69) is 21.5 Å². The van der Waals surface area contributed by atoms with Crippen molar-refractivity contribution >= 4 is 40.8 Å². The van der Waals surface area contributed by atoms with E-state index in [-0.39, 0.29) is 11.7 Å². The summed E-state index contributed by atoms with van der Waals surface area (Å²) in [6.07, 6.45) is -0.111. The summed E-state index contributed by atoms with van der Waals surface area (Å²) in [5, 5.41) is 9.16. The Morgan fingerprint density at radius 1 is 1.25 bits per heavy atom. The summed E-state index contributed by atoms with van der Waals surface area (Å²) in [6, 6.07) is 7.94. The zero-order chi connectivity index (χ0) is 22.9. The molecule has 4 rings (SSSR count).